The van der Waals surface area contributed by atoms with Gasteiger partial charge >= 0.3 is 0 Å². The first-order valence-electron chi connectivity index (χ1n) is 5.14. The highest BCUT2D eigenvalue weighted by Gasteiger charge is 2.01. The van der Waals surface area contributed by atoms with Crippen molar-refractivity contribution in [1.82, 2.24) is 4.68 Å². The molecule has 1 aromatic carbocycles. The fourth-order valence-corrected chi connectivity index (χ4v) is 1.68. The molecule has 2 aromatic rings. The number of aryl methyl sites for hydroxylation is 2. The Kier molecular flexibility index (Phi) is 2.77. The second-order valence-corrected chi connectivity index (χ2v) is 3.80. The van der Waals surface area contributed by atoms with Crippen molar-refractivity contribution in [3.63, 3.8) is 0 Å². The summed E-state index contributed by atoms with van der Waals surface area (Å²) in [7, 11) is 0. The first-order chi connectivity index (χ1) is 7.66. The Balaban J connectivity index is 2.35. The number of nitrogens with zero attached hydrogens (tertiary/aromatic N) is 2. The molecule has 0 amide bonds. The third-order valence-corrected chi connectivity index (χ3v) is 2.49. The molecule has 0 bridgehead atoms. The highest BCUT2D eigenvalue weighted by atomic mass is 16.3. The Hall–Kier alpha value is -2.03. The lowest BCUT2D eigenvalue weighted by atomic mass is 10.0. The van der Waals surface area contributed by atoms with Crippen LogP contribution in [-0.2, 0) is 0 Å². The summed E-state index contributed by atoms with van der Waals surface area (Å²) in [5.41, 5.74) is 3.09. The summed E-state index contributed by atoms with van der Waals surface area (Å²) < 4.78 is 1.74. The summed E-state index contributed by atoms with van der Waals surface area (Å²) >= 11 is 0. The van der Waals surface area contributed by atoms with Gasteiger partial charge in [-0.2, -0.15) is 5.10 Å². The molecule has 0 aliphatic carbocycles. The van der Waals surface area contributed by atoms with Crippen molar-refractivity contribution < 1.29 is 5.11 Å². The summed E-state index contributed by atoms with van der Waals surface area (Å²) in [4.78, 5) is 0. The predicted octanol–water partition coefficient (Wildman–Crippen LogP) is 2.69. The minimum Gasteiger partial charge on any atom is -0.508 e. The molecule has 0 saturated heterocycles. The third-order valence-electron chi connectivity index (χ3n) is 2.49. The Morgan fingerprint density at radius 2 is 1.69 bits per heavy atom. The number of hydrogen-bond acceptors (Lipinski definition) is 2. The molecular weight excluding hydrogens is 200 g/mol. The first-order valence-corrected chi connectivity index (χ1v) is 5.14. The van der Waals surface area contributed by atoms with E-state index in [9.17, 15) is 5.11 Å². The van der Waals surface area contributed by atoms with Crippen LogP contribution < -0.4 is 0 Å². The number of phenols is 1. The van der Waals surface area contributed by atoms with Crippen LogP contribution in [0.2, 0.25) is 0 Å². The molecule has 3 nitrogen and oxygen atoms in total. The lowest BCUT2D eigenvalue weighted by Gasteiger charge is -2.05. The fraction of sp³-hybridized carbons (Fsp3) is 0.154. The van der Waals surface area contributed by atoms with Gasteiger partial charge in [0, 0.05) is 18.0 Å². The molecule has 1 N–H and O–H groups in total. The van der Waals surface area contributed by atoms with E-state index in [0.717, 1.165) is 16.7 Å². The molecule has 82 valence electrons. The van der Waals surface area contributed by atoms with Crippen molar-refractivity contribution in [1.29, 1.82) is 0 Å². The van der Waals surface area contributed by atoms with Crippen LogP contribution in [0.3, 0.4) is 0 Å². The van der Waals surface area contributed by atoms with E-state index in [2.05, 4.69) is 5.10 Å². The van der Waals surface area contributed by atoms with Gasteiger partial charge in [-0.3, -0.25) is 0 Å². The van der Waals surface area contributed by atoms with Crippen molar-refractivity contribution in [2.24, 2.45) is 5.10 Å². The fourth-order valence-electron chi connectivity index (χ4n) is 1.68. The molecule has 3 heteroatoms. The van der Waals surface area contributed by atoms with Crippen LogP contribution in [-0.4, -0.2) is 16.0 Å². The molecule has 0 spiro atoms. The quantitative estimate of drug-likeness (QED) is 0.767. The largest absolute Gasteiger partial charge is 0.508 e. The topological polar surface area (TPSA) is 37.5 Å². The minimum atomic E-state index is 0.299. The zero-order valence-electron chi connectivity index (χ0n) is 9.38. The van der Waals surface area contributed by atoms with E-state index in [4.69, 9.17) is 0 Å². The van der Waals surface area contributed by atoms with Crippen LogP contribution in [0.15, 0.2) is 41.8 Å². The maximum atomic E-state index is 9.42. The highest BCUT2D eigenvalue weighted by molar-refractivity contribution is 5.84. The molecule has 0 atom stereocenters. The maximum absolute atomic E-state index is 9.42. The number of aromatic nitrogens is 1. The summed E-state index contributed by atoms with van der Waals surface area (Å²) in [5.74, 6) is 0.299. The van der Waals surface area contributed by atoms with Crippen LogP contribution in [0.5, 0.6) is 5.75 Å². The van der Waals surface area contributed by atoms with E-state index < -0.39 is 0 Å². The molecule has 2 rings (SSSR count). The van der Waals surface area contributed by atoms with Crippen molar-refractivity contribution in [3.05, 3.63) is 53.3 Å². The number of benzene rings is 1. The molecule has 1 aromatic heterocycles. The van der Waals surface area contributed by atoms with Crippen molar-refractivity contribution in [2.75, 3.05) is 0 Å². The smallest absolute Gasteiger partial charge is 0.116 e. The van der Waals surface area contributed by atoms with Gasteiger partial charge in [-0.15, -0.1) is 0 Å². The lowest BCUT2D eigenvalue weighted by molar-refractivity contribution is 0.474. The standard InChI is InChI=1S/C13H14N2O/c1-10-7-12(16)8-11(2)13(10)9-14-15-5-3-4-6-15/h3-9,16H,1-2H3/b14-9+. The van der Waals surface area contributed by atoms with Gasteiger partial charge in [-0.25, -0.2) is 4.68 Å². The van der Waals surface area contributed by atoms with Gasteiger partial charge in [0.05, 0.1) is 6.21 Å². The van der Waals surface area contributed by atoms with Gasteiger partial charge in [0.25, 0.3) is 0 Å². The van der Waals surface area contributed by atoms with Crippen LogP contribution in [0.1, 0.15) is 16.7 Å². The van der Waals surface area contributed by atoms with Crippen LogP contribution in [0.4, 0.5) is 0 Å². The molecule has 0 saturated carbocycles. The molecule has 1 heterocycles. The second-order valence-electron chi connectivity index (χ2n) is 3.80. The van der Waals surface area contributed by atoms with Crippen LogP contribution in [0, 0.1) is 13.8 Å². The Bertz CT molecular complexity index is 490. The Morgan fingerprint density at radius 3 is 2.25 bits per heavy atom. The lowest BCUT2D eigenvalue weighted by Crippen LogP contribution is -1.94. The van der Waals surface area contributed by atoms with E-state index >= 15 is 0 Å². The van der Waals surface area contributed by atoms with Gasteiger partial charge in [0.15, 0.2) is 0 Å². The van der Waals surface area contributed by atoms with Gasteiger partial charge in [0.1, 0.15) is 5.75 Å². The number of hydrogen-bond donors (Lipinski definition) is 1. The first kappa shape index (κ1) is 10.5. The van der Waals surface area contributed by atoms with Gasteiger partial charge in [-0.05, 0) is 49.2 Å². The minimum absolute atomic E-state index is 0.299. The SMILES string of the molecule is Cc1cc(O)cc(C)c1/C=N/n1cccc1. The molecule has 0 aliphatic rings. The van der Waals surface area contributed by atoms with Crippen molar-refractivity contribution in [3.8, 4) is 5.75 Å². The summed E-state index contributed by atoms with van der Waals surface area (Å²) in [6.07, 6.45) is 5.56. The Morgan fingerprint density at radius 1 is 1.12 bits per heavy atom. The summed E-state index contributed by atoms with van der Waals surface area (Å²) in [6, 6.07) is 7.33. The van der Waals surface area contributed by atoms with E-state index in [1.807, 2.05) is 44.6 Å². The van der Waals surface area contributed by atoms with Crippen molar-refractivity contribution in [2.45, 2.75) is 13.8 Å². The molecular formula is C13H14N2O. The van der Waals surface area contributed by atoms with E-state index in [-0.39, 0.29) is 0 Å². The van der Waals surface area contributed by atoms with Crippen molar-refractivity contribution >= 4 is 6.21 Å². The average Bonchev–Trinajstić information content (AvgIpc) is 2.68. The molecule has 16 heavy (non-hydrogen) atoms. The number of aromatic hydroxyl groups is 1. The third kappa shape index (κ3) is 2.14. The molecule has 0 radical (unpaired) electrons. The van der Waals surface area contributed by atoms with E-state index in [1.54, 1.807) is 16.8 Å². The molecule has 0 fully saturated rings. The summed E-state index contributed by atoms with van der Waals surface area (Å²) in [5, 5.41) is 13.7. The zero-order chi connectivity index (χ0) is 11.5. The van der Waals surface area contributed by atoms with Crippen LogP contribution in [0.25, 0.3) is 0 Å². The number of phenolic OH excluding ortho intramolecular Hbond substituents is 1. The van der Waals surface area contributed by atoms with E-state index in [1.165, 1.54) is 0 Å². The van der Waals surface area contributed by atoms with Gasteiger partial charge in [-0.1, -0.05) is 0 Å². The zero-order valence-corrected chi connectivity index (χ0v) is 9.38. The summed E-state index contributed by atoms with van der Waals surface area (Å²) in [6.45, 7) is 3.92. The maximum Gasteiger partial charge on any atom is 0.116 e. The van der Waals surface area contributed by atoms with E-state index in [0.29, 0.717) is 5.75 Å². The highest BCUT2D eigenvalue weighted by Crippen LogP contribution is 2.19. The van der Waals surface area contributed by atoms with Gasteiger partial charge in [0.2, 0.25) is 0 Å². The molecule has 0 unspecified atom stereocenters. The number of rotatable bonds is 2. The van der Waals surface area contributed by atoms with Gasteiger partial charge < -0.3 is 5.11 Å². The normalized spacial score (nSPS) is 11.1. The monoisotopic (exact) mass is 214 g/mol. The Labute approximate surface area is 94.7 Å². The second kappa shape index (κ2) is 4.23. The predicted molar refractivity (Wildman–Crippen MR) is 65.0 cm³/mol. The molecule has 0 aliphatic heterocycles. The average molecular weight is 214 g/mol. The van der Waals surface area contributed by atoms with Crippen LogP contribution >= 0.6 is 0 Å².